The quantitative estimate of drug-likeness (QED) is 0.384. The number of carbonyl (C=O) groups is 1. The monoisotopic (exact) mass is 454 g/mol. The molecule has 0 radical (unpaired) electrons. The lowest BCUT2D eigenvalue weighted by Gasteiger charge is -2.10. The summed E-state index contributed by atoms with van der Waals surface area (Å²) in [6.07, 6.45) is 3.94. The second-order valence-electron chi connectivity index (χ2n) is 7.14. The molecule has 1 amide bonds. The first-order chi connectivity index (χ1) is 15.0. The second-order valence-corrected chi connectivity index (χ2v) is 7.99. The van der Waals surface area contributed by atoms with Gasteiger partial charge in [-0.2, -0.15) is 5.10 Å². The molecule has 0 aliphatic carbocycles. The molecule has 0 bridgehead atoms. The highest BCUT2D eigenvalue weighted by Gasteiger charge is 2.12. The minimum atomic E-state index is -0.154. The van der Waals surface area contributed by atoms with Crippen molar-refractivity contribution in [2.24, 2.45) is 0 Å². The number of benzene rings is 2. The third-order valence-corrected chi connectivity index (χ3v) is 5.36. The van der Waals surface area contributed by atoms with E-state index in [9.17, 15) is 4.79 Å². The van der Waals surface area contributed by atoms with Crippen molar-refractivity contribution >= 4 is 34.9 Å². The zero-order chi connectivity index (χ0) is 21.8. The fourth-order valence-corrected chi connectivity index (χ4v) is 3.55. The van der Waals surface area contributed by atoms with E-state index in [1.165, 1.54) is 5.56 Å². The predicted molar refractivity (Wildman–Crippen MR) is 121 cm³/mol. The minimum Gasteiger partial charge on any atom is -0.441 e. The molecule has 6 nitrogen and oxygen atoms in total. The summed E-state index contributed by atoms with van der Waals surface area (Å²) < 4.78 is 7.46. The zero-order valence-electron chi connectivity index (χ0n) is 16.8. The summed E-state index contributed by atoms with van der Waals surface area (Å²) in [7, 11) is 0. The van der Waals surface area contributed by atoms with Crippen LogP contribution in [0.5, 0.6) is 0 Å². The molecular formula is C23H20Cl2N4O2. The van der Waals surface area contributed by atoms with E-state index in [1.807, 2.05) is 37.3 Å². The number of hydrogen-bond acceptors (Lipinski definition) is 4. The number of nitrogens with zero attached hydrogens (tertiary/aromatic N) is 3. The Bertz CT molecular complexity index is 1200. The molecule has 8 heteroatoms. The van der Waals surface area contributed by atoms with Crippen LogP contribution >= 0.6 is 23.2 Å². The van der Waals surface area contributed by atoms with Gasteiger partial charge in [0.05, 0.1) is 18.9 Å². The molecule has 0 fully saturated rings. The Balaban J connectivity index is 1.35. The molecule has 0 atom stereocenters. The zero-order valence-corrected chi connectivity index (χ0v) is 18.3. The van der Waals surface area contributed by atoms with Crippen LogP contribution in [0.15, 0.2) is 65.3 Å². The van der Waals surface area contributed by atoms with Gasteiger partial charge in [0.2, 0.25) is 5.91 Å². The minimum absolute atomic E-state index is 0.154. The summed E-state index contributed by atoms with van der Waals surface area (Å²) in [6.45, 7) is 2.45. The van der Waals surface area contributed by atoms with Gasteiger partial charge in [0.15, 0.2) is 11.7 Å². The molecule has 0 aliphatic rings. The molecule has 0 saturated heterocycles. The number of nitrogens with one attached hydrogen (secondary N) is 1. The lowest BCUT2D eigenvalue weighted by atomic mass is 10.1. The Morgan fingerprint density at radius 2 is 1.94 bits per heavy atom. The summed E-state index contributed by atoms with van der Waals surface area (Å²) in [4.78, 5) is 16.7. The number of hydrogen-bond donors (Lipinski definition) is 1. The van der Waals surface area contributed by atoms with Gasteiger partial charge in [0.1, 0.15) is 5.82 Å². The molecule has 158 valence electrons. The summed E-state index contributed by atoms with van der Waals surface area (Å²) >= 11 is 12.2. The first-order valence-electron chi connectivity index (χ1n) is 9.75. The molecule has 0 aliphatic heterocycles. The van der Waals surface area contributed by atoms with Gasteiger partial charge in [-0.25, -0.2) is 9.67 Å². The van der Waals surface area contributed by atoms with Crippen molar-refractivity contribution in [3.63, 3.8) is 0 Å². The molecule has 2 aromatic heterocycles. The SMILES string of the molecule is Cc1ccc(-c2cnc(CCC(=O)Nc3ccnn3Cc3ccc(Cl)cc3Cl)o2)cc1. The molecular weight excluding hydrogens is 435 g/mol. The van der Waals surface area contributed by atoms with E-state index in [0.29, 0.717) is 40.5 Å². The number of oxazole rings is 1. The molecule has 4 aromatic rings. The molecule has 1 N–H and O–H groups in total. The van der Waals surface area contributed by atoms with Crippen molar-refractivity contribution in [3.8, 4) is 11.3 Å². The van der Waals surface area contributed by atoms with Crippen molar-refractivity contribution in [2.45, 2.75) is 26.3 Å². The normalized spacial score (nSPS) is 10.9. The van der Waals surface area contributed by atoms with Gasteiger partial charge < -0.3 is 9.73 Å². The second kappa shape index (κ2) is 9.37. The Morgan fingerprint density at radius 1 is 1.13 bits per heavy atom. The van der Waals surface area contributed by atoms with Crippen molar-refractivity contribution in [2.75, 3.05) is 5.32 Å². The largest absolute Gasteiger partial charge is 0.441 e. The average Bonchev–Trinajstić information content (AvgIpc) is 3.39. The van der Waals surface area contributed by atoms with Gasteiger partial charge in [-0.15, -0.1) is 0 Å². The van der Waals surface area contributed by atoms with Gasteiger partial charge in [-0.1, -0.05) is 59.1 Å². The average molecular weight is 455 g/mol. The smallest absolute Gasteiger partial charge is 0.226 e. The maximum atomic E-state index is 12.4. The Labute approximate surface area is 189 Å². The summed E-state index contributed by atoms with van der Waals surface area (Å²) in [6, 6.07) is 15.0. The van der Waals surface area contributed by atoms with Crippen LogP contribution in [0, 0.1) is 6.92 Å². The summed E-state index contributed by atoms with van der Waals surface area (Å²) in [5, 5.41) is 8.27. The molecule has 31 heavy (non-hydrogen) atoms. The summed E-state index contributed by atoms with van der Waals surface area (Å²) in [5.74, 6) is 1.64. The Kier molecular flexibility index (Phi) is 6.39. The number of rotatable bonds is 7. The fraction of sp³-hybridized carbons (Fsp3) is 0.174. The fourth-order valence-electron chi connectivity index (χ4n) is 3.08. The molecule has 0 saturated carbocycles. The number of aryl methyl sites for hydroxylation is 2. The molecule has 0 unspecified atom stereocenters. The third kappa shape index (κ3) is 5.34. The van der Waals surface area contributed by atoms with Gasteiger partial charge in [0, 0.05) is 34.5 Å². The number of amides is 1. The Hall–Kier alpha value is -3.09. The van der Waals surface area contributed by atoms with Gasteiger partial charge in [-0.3, -0.25) is 4.79 Å². The maximum absolute atomic E-state index is 12.4. The highest BCUT2D eigenvalue weighted by atomic mass is 35.5. The molecule has 4 rings (SSSR count). The van der Waals surface area contributed by atoms with Crippen LogP contribution < -0.4 is 5.32 Å². The third-order valence-electron chi connectivity index (χ3n) is 4.77. The highest BCUT2D eigenvalue weighted by Crippen LogP contribution is 2.23. The van der Waals surface area contributed by atoms with E-state index in [2.05, 4.69) is 15.4 Å². The van der Waals surface area contributed by atoms with Crippen LogP contribution in [0.4, 0.5) is 5.82 Å². The predicted octanol–water partition coefficient (Wildman–Crippen LogP) is 5.77. The van der Waals surface area contributed by atoms with Gasteiger partial charge >= 0.3 is 0 Å². The van der Waals surface area contributed by atoms with Gasteiger partial charge in [-0.05, 0) is 24.6 Å². The van der Waals surface area contributed by atoms with Gasteiger partial charge in [0.25, 0.3) is 0 Å². The van der Waals surface area contributed by atoms with Crippen LogP contribution in [0.25, 0.3) is 11.3 Å². The van der Waals surface area contributed by atoms with Crippen LogP contribution in [0.1, 0.15) is 23.4 Å². The number of halogens is 2. The van der Waals surface area contributed by atoms with E-state index in [1.54, 1.807) is 35.3 Å². The molecule has 0 spiro atoms. The molecule has 2 aromatic carbocycles. The molecule has 2 heterocycles. The van der Waals surface area contributed by atoms with Crippen LogP contribution in [-0.2, 0) is 17.8 Å². The van der Waals surface area contributed by atoms with E-state index in [4.69, 9.17) is 27.6 Å². The lowest BCUT2D eigenvalue weighted by molar-refractivity contribution is -0.116. The van der Waals surface area contributed by atoms with E-state index in [-0.39, 0.29) is 12.3 Å². The van der Waals surface area contributed by atoms with Crippen molar-refractivity contribution < 1.29 is 9.21 Å². The van der Waals surface area contributed by atoms with Crippen LogP contribution in [0.2, 0.25) is 10.0 Å². The topological polar surface area (TPSA) is 73.0 Å². The maximum Gasteiger partial charge on any atom is 0.226 e. The van der Waals surface area contributed by atoms with Crippen molar-refractivity contribution in [1.29, 1.82) is 0 Å². The number of anilines is 1. The van der Waals surface area contributed by atoms with Crippen LogP contribution in [0.3, 0.4) is 0 Å². The summed E-state index contributed by atoms with van der Waals surface area (Å²) in [5.41, 5.74) is 2.99. The highest BCUT2D eigenvalue weighted by molar-refractivity contribution is 6.35. The number of carbonyl (C=O) groups excluding carboxylic acids is 1. The van der Waals surface area contributed by atoms with E-state index >= 15 is 0 Å². The Morgan fingerprint density at radius 3 is 2.71 bits per heavy atom. The van der Waals surface area contributed by atoms with Crippen molar-refractivity contribution in [1.82, 2.24) is 14.8 Å². The standard InChI is InChI=1S/C23H20Cl2N4O2/c1-15-2-4-16(5-3-15)20-13-26-23(31-20)9-8-22(30)28-21-10-11-27-29(21)14-17-6-7-18(24)12-19(17)25/h2-7,10-13H,8-9,14H2,1H3,(H,28,30). The van der Waals surface area contributed by atoms with Crippen LogP contribution in [-0.4, -0.2) is 20.7 Å². The number of aromatic nitrogens is 3. The lowest BCUT2D eigenvalue weighted by Crippen LogP contribution is -2.16. The van der Waals surface area contributed by atoms with E-state index < -0.39 is 0 Å². The van der Waals surface area contributed by atoms with Crippen molar-refractivity contribution in [3.05, 3.63) is 88.0 Å². The first kappa shape index (κ1) is 21.2. The first-order valence-corrected chi connectivity index (χ1v) is 10.5. The van der Waals surface area contributed by atoms with E-state index in [0.717, 1.165) is 11.1 Å².